The number of amides is 2. The van der Waals surface area contributed by atoms with Gasteiger partial charge in [0.05, 0.1) is 18.4 Å². The third-order valence-corrected chi connectivity index (χ3v) is 5.23. The van der Waals surface area contributed by atoms with Gasteiger partial charge in [-0.2, -0.15) is 13.2 Å². The number of halogens is 5. The number of alkyl halides is 3. The van der Waals surface area contributed by atoms with E-state index in [-0.39, 0.29) is 16.6 Å². The number of rotatable bonds is 7. The number of carbonyl (C=O) groups excluding carboxylic acids is 2. The standard InChI is InChI=1S/C24H20ClF4N3O5/c1-12-11-30-22(35-3)19(25)20(12)32-21(33)15-9-16(26)18(10-17(15)36-13(2)24(27,28)29)37-23(34)31-14-7-5-4-6-8-14/h4-11,13H,1-3H3,(H,31,34)(H,30,32,33)/t13-/m0/s1. The number of hydrogen-bond donors (Lipinski definition) is 2. The highest BCUT2D eigenvalue weighted by atomic mass is 35.5. The molecule has 0 saturated carbocycles. The summed E-state index contributed by atoms with van der Waals surface area (Å²) in [5.41, 5.74) is 0.140. The summed E-state index contributed by atoms with van der Waals surface area (Å²) >= 11 is 6.19. The molecule has 0 aliphatic heterocycles. The van der Waals surface area contributed by atoms with Gasteiger partial charge in [-0.3, -0.25) is 10.1 Å². The molecule has 0 radical (unpaired) electrons. The maximum Gasteiger partial charge on any atom is 0.425 e. The molecular formula is C24H20ClF4N3O5. The highest BCUT2D eigenvalue weighted by Crippen LogP contribution is 2.36. The van der Waals surface area contributed by atoms with E-state index in [1.807, 2.05) is 0 Å². The van der Waals surface area contributed by atoms with Gasteiger partial charge in [-0.15, -0.1) is 0 Å². The number of methoxy groups -OCH3 is 1. The van der Waals surface area contributed by atoms with Crippen LogP contribution >= 0.6 is 11.6 Å². The molecule has 0 bridgehead atoms. The van der Waals surface area contributed by atoms with Crippen LogP contribution in [0.5, 0.6) is 17.4 Å². The van der Waals surface area contributed by atoms with Gasteiger partial charge >= 0.3 is 12.3 Å². The Morgan fingerprint density at radius 3 is 2.38 bits per heavy atom. The van der Waals surface area contributed by atoms with Gasteiger partial charge in [0.15, 0.2) is 17.7 Å². The minimum Gasteiger partial charge on any atom is -0.480 e. The first-order valence-electron chi connectivity index (χ1n) is 10.5. The van der Waals surface area contributed by atoms with E-state index >= 15 is 0 Å². The van der Waals surface area contributed by atoms with Crippen LogP contribution in [0.3, 0.4) is 0 Å². The molecule has 0 spiro atoms. The number of carbonyl (C=O) groups is 2. The van der Waals surface area contributed by atoms with Crippen LogP contribution in [-0.2, 0) is 0 Å². The van der Waals surface area contributed by atoms with E-state index in [9.17, 15) is 27.2 Å². The van der Waals surface area contributed by atoms with Crippen molar-refractivity contribution in [3.8, 4) is 17.4 Å². The average molecular weight is 542 g/mol. The second kappa shape index (κ2) is 11.3. The molecule has 0 aliphatic rings. The largest absolute Gasteiger partial charge is 0.480 e. The highest BCUT2D eigenvalue weighted by Gasteiger charge is 2.39. The first-order valence-corrected chi connectivity index (χ1v) is 10.9. The van der Waals surface area contributed by atoms with Crippen LogP contribution in [0.1, 0.15) is 22.8 Å². The van der Waals surface area contributed by atoms with Crippen molar-refractivity contribution in [1.82, 2.24) is 4.98 Å². The van der Waals surface area contributed by atoms with E-state index in [0.717, 1.165) is 0 Å². The van der Waals surface area contributed by atoms with Crippen molar-refractivity contribution >= 4 is 35.0 Å². The van der Waals surface area contributed by atoms with Gasteiger partial charge < -0.3 is 19.5 Å². The second-order valence-corrected chi connectivity index (χ2v) is 7.93. The molecule has 0 fully saturated rings. The van der Waals surface area contributed by atoms with Crippen molar-refractivity contribution in [3.63, 3.8) is 0 Å². The number of anilines is 2. The van der Waals surface area contributed by atoms with Crippen molar-refractivity contribution in [3.05, 3.63) is 70.6 Å². The number of para-hydroxylation sites is 1. The lowest BCUT2D eigenvalue weighted by Crippen LogP contribution is -2.32. The average Bonchev–Trinajstić information content (AvgIpc) is 2.83. The summed E-state index contributed by atoms with van der Waals surface area (Å²) in [5, 5.41) is 4.65. The lowest BCUT2D eigenvalue weighted by atomic mass is 10.1. The van der Waals surface area contributed by atoms with Gasteiger partial charge in [-0.05, 0) is 37.6 Å². The molecule has 8 nitrogen and oxygen atoms in total. The molecule has 2 N–H and O–H groups in total. The summed E-state index contributed by atoms with van der Waals surface area (Å²) in [5.74, 6) is -3.75. The van der Waals surface area contributed by atoms with Gasteiger partial charge in [0.1, 0.15) is 10.8 Å². The first-order chi connectivity index (χ1) is 17.4. The zero-order chi connectivity index (χ0) is 27.3. The normalized spacial score (nSPS) is 11.9. The Labute approximate surface area is 213 Å². The van der Waals surface area contributed by atoms with Crippen LogP contribution < -0.4 is 24.8 Å². The van der Waals surface area contributed by atoms with Crippen molar-refractivity contribution in [2.45, 2.75) is 26.1 Å². The third-order valence-electron chi connectivity index (χ3n) is 4.88. The van der Waals surface area contributed by atoms with Crippen LogP contribution in [0.15, 0.2) is 48.7 Å². The van der Waals surface area contributed by atoms with Crippen LogP contribution in [0.4, 0.5) is 33.7 Å². The minimum atomic E-state index is -4.81. The number of aromatic nitrogens is 1. The number of hydrogen-bond acceptors (Lipinski definition) is 6. The second-order valence-electron chi connectivity index (χ2n) is 7.55. The van der Waals surface area contributed by atoms with Crippen LogP contribution in [0.2, 0.25) is 5.02 Å². The van der Waals surface area contributed by atoms with Crippen molar-refractivity contribution in [2.75, 3.05) is 17.7 Å². The molecule has 196 valence electrons. The molecule has 2 aromatic carbocycles. The zero-order valence-corrected chi connectivity index (χ0v) is 20.3. The Morgan fingerprint density at radius 2 is 1.76 bits per heavy atom. The van der Waals surface area contributed by atoms with Crippen LogP contribution in [0.25, 0.3) is 0 Å². The van der Waals surface area contributed by atoms with Gasteiger partial charge in [0, 0.05) is 18.0 Å². The van der Waals surface area contributed by atoms with E-state index < -0.39 is 47.2 Å². The zero-order valence-electron chi connectivity index (χ0n) is 19.6. The maximum absolute atomic E-state index is 14.9. The number of aryl methyl sites for hydroxylation is 1. The first kappa shape index (κ1) is 27.5. The van der Waals surface area contributed by atoms with Crippen LogP contribution in [0, 0.1) is 12.7 Å². The molecule has 2 amide bonds. The lowest BCUT2D eigenvalue weighted by molar-refractivity contribution is -0.189. The molecule has 3 aromatic rings. The minimum absolute atomic E-state index is 0.0240. The Morgan fingerprint density at radius 1 is 1.08 bits per heavy atom. The van der Waals surface area contributed by atoms with E-state index in [1.54, 1.807) is 25.1 Å². The molecule has 0 aliphatic carbocycles. The number of ether oxygens (including phenoxy) is 3. The molecule has 13 heteroatoms. The molecule has 1 heterocycles. The van der Waals surface area contributed by atoms with E-state index in [1.165, 1.54) is 25.4 Å². The Hall–Kier alpha value is -4.06. The van der Waals surface area contributed by atoms with Gasteiger partial charge in [0.25, 0.3) is 5.91 Å². The summed E-state index contributed by atoms with van der Waals surface area (Å²) < 4.78 is 69.3. The molecule has 1 aromatic heterocycles. The lowest BCUT2D eigenvalue weighted by Gasteiger charge is -2.21. The molecule has 1 atom stereocenters. The number of nitrogens with zero attached hydrogens (tertiary/aromatic N) is 1. The summed E-state index contributed by atoms with van der Waals surface area (Å²) in [6, 6.07) is 9.28. The third kappa shape index (κ3) is 6.79. The summed E-state index contributed by atoms with van der Waals surface area (Å²) in [6.45, 7) is 2.25. The number of benzene rings is 2. The number of nitrogens with one attached hydrogen (secondary N) is 2. The Bertz CT molecular complexity index is 1310. The smallest absolute Gasteiger partial charge is 0.425 e. The fourth-order valence-corrected chi connectivity index (χ4v) is 3.27. The predicted molar refractivity (Wildman–Crippen MR) is 127 cm³/mol. The predicted octanol–water partition coefficient (Wildman–Crippen LogP) is 6.38. The maximum atomic E-state index is 14.9. The highest BCUT2D eigenvalue weighted by molar-refractivity contribution is 6.35. The molecule has 0 saturated heterocycles. The quantitative estimate of drug-likeness (QED) is 0.337. The fraction of sp³-hybridized carbons (Fsp3) is 0.208. The summed E-state index contributed by atoms with van der Waals surface area (Å²) in [7, 11) is 1.29. The Kier molecular flexibility index (Phi) is 8.43. The molecular weight excluding hydrogens is 522 g/mol. The van der Waals surface area contributed by atoms with Gasteiger partial charge in [-0.1, -0.05) is 29.8 Å². The van der Waals surface area contributed by atoms with E-state index in [4.69, 9.17) is 25.8 Å². The van der Waals surface area contributed by atoms with Crippen LogP contribution in [-0.4, -0.2) is 36.4 Å². The van der Waals surface area contributed by atoms with E-state index in [2.05, 4.69) is 15.6 Å². The molecule has 3 rings (SSSR count). The van der Waals surface area contributed by atoms with Gasteiger partial charge in [0.2, 0.25) is 5.88 Å². The van der Waals surface area contributed by atoms with Crippen molar-refractivity contribution in [2.24, 2.45) is 0 Å². The summed E-state index contributed by atoms with van der Waals surface area (Å²) in [6.07, 6.45) is -6.98. The summed E-state index contributed by atoms with van der Waals surface area (Å²) in [4.78, 5) is 29.1. The number of pyridine rings is 1. The molecule has 0 unspecified atom stereocenters. The monoisotopic (exact) mass is 541 g/mol. The van der Waals surface area contributed by atoms with Crippen molar-refractivity contribution < 1.29 is 41.4 Å². The SMILES string of the molecule is COc1ncc(C)c(NC(=O)c2cc(F)c(OC(=O)Nc3ccccc3)cc2O[C@@H](C)C(F)(F)F)c1Cl. The van der Waals surface area contributed by atoms with E-state index in [0.29, 0.717) is 30.3 Å². The van der Waals surface area contributed by atoms with Crippen molar-refractivity contribution in [1.29, 1.82) is 0 Å². The topological polar surface area (TPSA) is 98.8 Å². The van der Waals surface area contributed by atoms with Gasteiger partial charge in [-0.25, -0.2) is 14.2 Å². The fourth-order valence-electron chi connectivity index (χ4n) is 2.94. The molecule has 37 heavy (non-hydrogen) atoms. The Balaban J connectivity index is 1.96.